The molecule has 0 spiro atoms. The van der Waals surface area contributed by atoms with Gasteiger partial charge in [0.25, 0.3) is 5.69 Å². The van der Waals surface area contributed by atoms with Crippen LogP contribution in [0, 0.1) is 15.9 Å². The average molecular weight is 295 g/mol. The number of nitrogens with two attached hydrogens (primary N) is 1. The summed E-state index contributed by atoms with van der Waals surface area (Å²) < 4.78 is 13.0. The Morgan fingerprint density at radius 2 is 2.00 bits per heavy atom. The van der Waals surface area contributed by atoms with Gasteiger partial charge in [-0.1, -0.05) is 35.9 Å². The fourth-order valence-corrected chi connectivity index (χ4v) is 2.32. The summed E-state index contributed by atoms with van der Waals surface area (Å²) in [6.07, 6.45) is 0.252. The van der Waals surface area contributed by atoms with Crippen molar-refractivity contribution in [3.05, 3.63) is 74.5 Å². The monoisotopic (exact) mass is 294 g/mol. The maximum absolute atomic E-state index is 13.0. The van der Waals surface area contributed by atoms with E-state index in [1.165, 1.54) is 24.3 Å². The van der Waals surface area contributed by atoms with Gasteiger partial charge in [-0.15, -0.1) is 0 Å². The normalized spacial score (nSPS) is 12.2. The highest BCUT2D eigenvalue weighted by molar-refractivity contribution is 6.31. The molecule has 0 saturated carbocycles. The lowest BCUT2D eigenvalue weighted by Crippen LogP contribution is -2.14. The zero-order valence-electron chi connectivity index (χ0n) is 10.4. The van der Waals surface area contributed by atoms with Crippen molar-refractivity contribution in [2.45, 2.75) is 12.5 Å². The molecule has 0 aliphatic carbocycles. The van der Waals surface area contributed by atoms with Crippen molar-refractivity contribution in [2.75, 3.05) is 0 Å². The highest BCUT2D eigenvalue weighted by Crippen LogP contribution is 2.28. The Bertz CT molecular complexity index is 649. The first-order valence-electron chi connectivity index (χ1n) is 5.92. The van der Waals surface area contributed by atoms with Gasteiger partial charge < -0.3 is 5.73 Å². The standard InChI is InChI=1S/C14H12ClFN2O2/c15-12-8-10(16)5-6-11(12)13(17)7-9-3-1-2-4-14(9)18(19)20/h1-6,8,13H,7,17H2. The minimum absolute atomic E-state index is 0.0150. The molecular formula is C14H12ClFN2O2. The average Bonchev–Trinajstić information content (AvgIpc) is 2.38. The summed E-state index contributed by atoms with van der Waals surface area (Å²) in [4.78, 5) is 10.5. The van der Waals surface area contributed by atoms with Crippen LogP contribution < -0.4 is 5.73 Å². The van der Waals surface area contributed by atoms with E-state index in [0.717, 1.165) is 0 Å². The number of benzene rings is 2. The van der Waals surface area contributed by atoms with Crippen LogP contribution in [0.4, 0.5) is 10.1 Å². The van der Waals surface area contributed by atoms with Crippen molar-refractivity contribution >= 4 is 17.3 Å². The van der Waals surface area contributed by atoms with Crippen LogP contribution in [0.5, 0.6) is 0 Å². The number of hydrogen-bond donors (Lipinski definition) is 1. The summed E-state index contributed by atoms with van der Waals surface area (Å²) in [6.45, 7) is 0. The predicted octanol–water partition coefficient (Wildman–Crippen LogP) is 3.63. The SMILES string of the molecule is NC(Cc1ccccc1[N+](=O)[O-])c1ccc(F)cc1Cl. The van der Waals surface area contributed by atoms with Crippen LogP contribution in [0.1, 0.15) is 17.2 Å². The van der Waals surface area contributed by atoms with Crippen LogP contribution >= 0.6 is 11.6 Å². The van der Waals surface area contributed by atoms with Gasteiger partial charge in [0, 0.05) is 22.7 Å². The third-order valence-corrected chi connectivity index (χ3v) is 3.32. The molecule has 2 aromatic carbocycles. The molecule has 2 N–H and O–H groups in total. The highest BCUT2D eigenvalue weighted by Gasteiger charge is 2.18. The second-order valence-electron chi connectivity index (χ2n) is 4.36. The Labute approximate surface area is 120 Å². The summed E-state index contributed by atoms with van der Waals surface area (Å²) >= 11 is 5.94. The smallest absolute Gasteiger partial charge is 0.272 e. The third kappa shape index (κ3) is 3.12. The second-order valence-corrected chi connectivity index (χ2v) is 4.77. The van der Waals surface area contributed by atoms with Gasteiger partial charge in [0.2, 0.25) is 0 Å². The number of rotatable bonds is 4. The lowest BCUT2D eigenvalue weighted by molar-refractivity contribution is -0.385. The molecule has 0 saturated heterocycles. The maximum Gasteiger partial charge on any atom is 0.272 e. The van der Waals surface area contributed by atoms with Crippen LogP contribution in [0.15, 0.2) is 42.5 Å². The fourth-order valence-electron chi connectivity index (χ4n) is 2.01. The summed E-state index contributed by atoms with van der Waals surface area (Å²) in [5.41, 5.74) is 7.11. The van der Waals surface area contributed by atoms with E-state index in [9.17, 15) is 14.5 Å². The minimum Gasteiger partial charge on any atom is -0.324 e. The largest absolute Gasteiger partial charge is 0.324 e. The number of nitro benzene ring substituents is 1. The topological polar surface area (TPSA) is 69.2 Å². The van der Waals surface area contributed by atoms with Crippen LogP contribution in [0.25, 0.3) is 0 Å². The van der Waals surface area contributed by atoms with Crippen LogP contribution in [-0.2, 0) is 6.42 Å². The molecular weight excluding hydrogens is 283 g/mol. The molecule has 104 valence electrons. The van der Waals surface area contributed by atoms with E-state index >= 15 is 0 Å². The molecule has 6 heteroatoms. The summed E-state index contributed by atoms with van der Waals surface area (Å²) in [7, 11) is 0. The van der Waals surface area contributed by atoms with Gasteiger partial charge in [0.15, 0.2) is 0 Å². The zero-order valence-corrected chi connectivity index (χ0v) is 11.2. The van der Waals surface area contributed by atoms with E-state index in [-0.39, 0.29) is 17.1 Å². The molecule has 0 aliphatic heterocycles. The van der Waals surface area contributed by atoms with E-state index in [2.05, 4.69) is 0 Å². The lowest BCUT2D eigenvalue weighted by Gasteiger charge is -2.14. The van der Waals surface area contributed by atoms with Gasteiger partial charge in [-0.05, 0) is 24.1 Å². The van der Waals surface area contributed by atoms with Crippen LogP contribution in [0.3, 0.4) is 0 Å². The molecule has 2 rings (SSSR count). The van der Waals surface area contributed by atoms with Gasteiger partial charge in [-0.2, -0.15) is 0 Å². The quantitative estimate of drug-likeness (QED) is 0.691. The molecule has 0 aromatic heterocycles. The summed E-state index contributed by atoms with van der Waals surface area (Å²) in [5.74, 6) is -0.448. The van der Waals surface area contributed by atoms with Crippen molar-refractivity contribution in [1.82, 2.24) is 0 Å². The molecule has 4 nitrogen and oxygen atoms in total. The fraction of sp³-hybridized carbons (Fsp3) is 0.143. The maximum atomic E-state index is 13.0. The number of nitro groups is 1. The van der Waals surface area contributed by atoms with Crippen LogP contribution in [-0.4, -0.2) is 4.92 Å². The highest BCUT2D eigenvalue weighted by atomic mass is 35.5. The van der Waals surface area contributed by atoms with E-state index in [4.69, 9.17) is 17.3 Å². The van der Waals surface area contributed by atoms with E-state index in [1.54, 1.807) is 18.2 Å². The van der Waals surface area contributed by atoms with Gasteiger partial charge in [0.1, 0.15) is 5.82 Å². The molecule has 2 aromatic rings. The van der Waals surface area contributed by atoms with Crippen molar-refractivity contribution in [2.24, 2.45) is 5.73 Å². The molecule has 0 bridgehead atoms. The number of hydrogen-bond acceptors (Lipinski definition) is 3. The number of nitrogens with zero attached hydrogens (tertiary/aromatic N) is 1. The Morgan fingerprint density at radius 1 is 1.30 bits per heavy atom. The molecule has 20 heavy (non-hydrogen) atoms. The number of para-hydroxylation sites is 1. The van der Waals surface area contributed by atoms with Gasteiger partial charge in [-0.25, -0.2) is 4.39 Å². The number of halogens is 2. The molecule has 1 atom stereocenters. The summed E-state index contributed by atoms with van der Waals surface area (Å²) in [5, 5.41) is 11.2. The van der Waals surface area contributed by atoms with Crippen molar-refractivity contribution in [1.29, 1.82) is 0 Å². The molecule has 0 radical (unpaired) electrons. The van der Waals surface area contributed by atoms with E-state index in [0.29, 0.717) is 11.1 Å². The van der Waals surface area contributed by atoms with E-state index in [1.807, 2.05) is 0 Å². The first kappa shape index (κ1) is 14.4. The zero-order chi connectivity index (χ0) is 14.7. The van der Waals surface area contributed by atoms with Gasteiger partial charge in [0.05, 0.1) is 4.92 Å². The molecule has 0 amide bonds. The van der Waals surface area contributed by atoms with Crippen molar-refractivity contribution in [3.8, 4) is 0 Å². The molecule has 0 fully saturated rings. The van der Waals surface area contributed by atoms with Gasteiger partial charge in [-0.3, -0.25) is 10.1 Å². The molecule has 0 aliphatic rings. The van der Waals surface area contributed by atoms with Gasteiger partial charge >= 0.3 is 0 Å². The molecule has 1 unspecified atom stereocenters. The Balaban J connectivity index is 2.28. The first-order valence-corrected chi connectivity index (χ1v) is 6.29. The third-order valence-electron chi connectivity index (χ3n) is 2.99. The Morgan fingerprint density at radius 3 is 2.65 bits per heavy atom. The second kappa shape index (κ2) is 5.98. The Kier molecular flexibility index (Phi) is 4.32. The molecule has 0 heterocycles. The van der Waals surface area contributed by atoms with Crippen LogP contribution in [0.2, 0.25) is 5.02 Å². The van der Waals surface area contributed by atoms with E-state index < -0.39 is 16.8 Å². The Hall–Kier alpha value is -1.98. The van der Waals surface area contributed by atoms with Crippen molar-refractivity contribution < 1.29 is 9.31 Å². The first-order chi connectivity index (χ1) is 9.49. The lowest BCUT2D eigenvalue weighted by atomic mass is 9.98. The predicted molar refractivity (Wildman–Crippen MR) is 75.1 cm³/mol. The van der Waals surface area contributed by atoms with Crippen molar-refractivity contribution in [3.63, 3.8) is 0 Å². The minimum atomic E-state index is -0.538. The summed E-state index contributed by atoms with van der Waals surface area (Å²) in [6, 6.07) is 9.78.